The van der Waals surface area contributed by atoms with Gasteiger partial charge in [-0.3, -0.25) is 0 Å². The van der Waals surface area contributed by atoms with Gasteiger partial charge in [0, 0.05) is 87.9 Å². The number of rotatable bonds is 35. The first-order valence-corrected chi connectivity index (χ1v) is 43.9. The molecule has 24 heteroatoms. The maximum absolute atomic E-state index is 9.35. The molecule has 0 fully saturated rings. The maximum Gasteiger partial charge on any atom is 0.125 e. The summed E-state index contributed by atoms with van der Waals surface area (Å²) in [5, 5.41) is 98.9. The van der Waals surface area contributed by atoms with Gasteiger partial charge in [0.2, 0.25) is 0 Å². The van der Waals surface area contributed by atoms with E-state index in [-0.39, 0.29) is 58.3 Å². The van der Waals surface area contributed by atoms with Crippen LogP contribution in [0.1, 0.15) is 138 Å². The highest BCUT2D eigenvalue weighted by molar-refractivity contribution is 6.30. The molecule has 0 saturated carbocycles. The zero-order valence-corrected chi connectivity index (χ0v) is 80.8. The van der Waals surface area contributed by atoms with Crippen molar-refractivity contribution in [3.05, 3.63) is 320 Å². The molecule has 11 aromatic rings. The van der Waals surface area contributed by atoms with Crippen molar-refractivity contribution >= 4 is 11.6 Å². The van der Waals surface area contributed by atoms with E-state index in [4.69, 9.17) is 104 Å². The Labute approximate surface area is 783 Å². The molecule has 0 radical (unpaired) electrons. The van der Waals surface area contributed by atoms with Crippen molar-refractivity contribution in [2.75, 3.05) is 138 Å². The summed E-state index contributed by atoms with van der Waals surface area (Å²) in [6.07, 6.45) is 6.09. The summed E-state index contributed by atoms with van der Waals surface area (Å²) in [4.78, 5) is 0. The Balaban J connectivity index is 0.000000721. The number of hydrogen-bond acceptors (Lipinski definition) is 23. The van der Waals surface area contributed by atoms with Crippen LogP contribution in [0.15, 0.2) is 243 Å². The largest absolute Gasteiger partial charge is 0.508 e. The lowest BCUT2D eigenvalue weighted by Crippen LogP contribution is -2.05. The third-order valence-corrected chi connectivity index (χ3v) is 19.4. The van der Waals surface area contributed by atoms with E-state index in [0.717, 1.165) is 157 Å². The van der Waals surface area contributed by atoms with Gasteiger partial charge in [0.15, 0.2) is 0 Å². The second-order valence-electron chi connectivity index (χ2n) is 29.2. The zero-order valence-electron chi connectivity index (χ0n) is 80.0. The van der Waals surface area contributed by atoms with Crippen LogP contribution in [-0.2, 0) is 56.1 Å². The van der Waals surface area contributed by atoms with Gasteiger partial charge in [-0.2, -0.15) is 0 Å². The molecule has 0 aliphatic rings. The number of methoxy groups -OCH3 is 11. The summed E-state index contributed by atoms with van der Waals surface area (Å²) in [6.45, 7) is 15.9. The van der Waals surface area contributed by atoms with Crippen molar-refractivity contribution in [1.82, 2.24) is 0 Å². The molecule has 0 saturated heterocycles. The molecule has 0 bridgehead atoms. The lowest BCUT2D eigenvalue weighted by molar-refractivity contribution is 0.193. The minimum atomic E-state index is -0.557. The van der Waals surface area contributed by atoms with E-state index in [9.17, 15) is 20.4 Å². The quantitative estimate of drug-likeness (QED) is 0.0176. The van der Waals surface area contributed by atoms with E-state index in [0.29, 0.717) is 67.2 Å². The number of phenolic OH excluding ortho intramolecular Hbond substituents is 1. The topological polar surface area (TPSA) is 333 Å². The van der Waals surface area contributed by atoms with Gasteiger partial charge in [-0.05, 0) is 239 Å². The monoisotopic (exact) mass is 1840 g/mol. The molecule has 11 rings (SSSR count). The molecule has 131 heavy (non-hydrogen) atoms. The number of benzene rings is 11. The average molecular weight is 1840 g/mol. The molecule has 0 spiro atoms. The van der Waals surface area contributed by atoms with Gasteiger partial charge in [-0.25, -0.2) is 0 Å². The zero-order chi connectivity index (χ0) is 97.5. The predicted molar refractivity (Wildman–Crippen MR) is 525 cm³/mol. The number of para-hydroxylation sites is 6. The molecule has 0 aliphatic heterocycles. The van der Waals surface area contributed by atoms with Crippen molar-refractivity contribution in [3.8, 4) is 69.0 Å². The van der Waals surface area contributed by atoms with E-state index in [2.05, 4.69) is 6.92 Å². The van der Waals surface area contributed by atoms with Crippen LogP contribution in [-0.4, -0.2) is 200 Å². The van der Waals surface area contributed by atoms with Crippen molar-refractivity contribution in [1.29, 1.82) is 0 Å². The second kappa shape index (κ2) is 73.5. The van der Waals surface area contributed by atoms with E-state index in [1.54, 1.807) is 123 Å². The molecule has 11 N–H and O–H groups in total. The fourth-order valence-electron chi connectivity index (χ4n) is 12.2. The third-order valence-electron chi connectivity index (χ3n) is 19.2. The van der Waals surface area contributed by atoms with E-state index < -0.39 is 12.2 Å². The first-order chi connectivity index (χ1) is 63.3. The van der Waals surface area contributed by atoms with Crippen LogP contribution >= 0.6 is 11.6 Å². The average Bonchev–Trinajstić information content (AvgIpc) is 0.492. The van der Waals surface area contributed by atoms with Crippen LogP contribution in [0.2, 0.25) is 5.02 Å². The summed E-state index contributed by atoms with van der Waals surface area (Å²) >= 11 is 5.75. The maximum atomic E-state index is 9.35. The summed E-state index contributed by atoms with van der Waals surface area (Å²) in [5.41, 5.74) is 13.4. The number of aliphatic hydroxyl groups is 10. The van der Waals surface area contributed by atoms with Crippen LogP contribution in [0.3, 0.4) is 0 Å². The number of phenols is 1. The number of ether oxygens (including phenoxy) is 12. The van der Waals surface area contributed by atoms with Gasteiger partial charge in [0.1, 0.15) is 69.0 Å². The van der Waals surface area contributed by atoms with Crippen molar-refractivity contribution in [2.24, 2.45) is 0 Å². The molecular weight excluding hydrogens is 1690 g/mol. The van der Waals surface area contributed by atoms with E-state index in [1.165, 1.54) is 0 Å². The van der Waals surface area contributed by atoms with Gasteiger partial charge in [-0.15, -0.1) is 0 Å². The Kier molecular flexibility index (Phi) is 66.2. The smallest absolute Gasteiger partial charge is 0.125 e. The molecule has 4 atom stereocenters. The Bertz CT molecular complexity index is 4710. The number of hydrogen-bond donors (Lipinski definition) is 11. The normalized spacial score (nSPS) is 10.8. The molecule has 4 unspecified atom stereocenters. The summed E-state index contributed by atoms with van der Waals surface area (Å²) in [6, 6.07) is 76.3. The first-order valence-electron chi connectivity index (χ1n) is 43.5. The van der Waals surface area contributed by atoms with Crippen LogP contribution in [0, 0.1) is 13.8 Å². The number of aromatic hydroxyl groups is 1. The van der Waals surface area contributed by atoms with Crippen LogP contribution in [0.25, 0.3) is 0 Å². The molecule has 0 aromatic heterocycles. The Morgan fingerprint density at radius 2 is 0.733 bits per heavy atom. The number of halogens is 1. The summed E-state index contributed by atoms with van der Waals surface area (Å²) in [7, 11) is 17.9. The van der Waals surface area contributed by atoms with E-state index >= 15 is 0 Å². The molecule has 0 heterocycles. The SMILES string of the molecule is CCCOc1ccccc1CCO.COCCc1ccccc1O.COc1cc(C)ccc1C(C)O.COc1ccc(CCO)c(OC)c1.COc1ccc(CCO)cc1.COc1ccc(CCO)cc1C.COc1ccc(Cl)cc1C(C)O.COc1ccccc1C(C)CO.COc1ccccc1CC(C)O.COc1ccccc1CCCO.COc1ccccc1CCO. The minimum Gasteiger partial charge on any atom is -0.508 e. The molecule has 0 amide bonds. The fraction of sp³-hybridized carbons (Fsp3) is 0.383. The van der Waals surface area contributed by atoms with Crippen LogP contribution in [0.5, 0.6) is 69.0 Å². The Hall–Kier alpha value is -11.1. The third kappa shape index (κ3) is 49.1. The minimum absolute atomic E-state index is 0.128. The molecule has 0 aliphatic carbocycles. The first kappa shape index (κ1) is 118. The van der Waals surface area contributed by atoms with Crippen molar-refractivity contribution in [3.63, 3.8) is 0 Å². The molecular formula is C107H147ClO23. The Morgan fingerprint density at radius 3 is 1.19 bits per heavy atom. The highest BCUT2D eigenvalue weighted by Crippen LogP contribution is 2.31. The lowest BCUT2D eigenvalue weighted by atomic mass is 10.0. The van der Waals surface area contributed by atoms with Crippen molar-refractivity contribution < 1.29 is 113 Å². The van der Waals surface area contributed by atoms with Crippen LogP contribution in [0.4, 0.5) is 0 Å². The van der Waals surface area contributed by atoms with Gasteiger partial charge < -0.3 is 113 Å². The fourth-order valence-corrected chi connectivity index (χ4v) is 12.4. The van der Waals surface area contributed by atoms with Gasteiger partial charge in [-0.1, -0.05) is 177 Å². The molecule has 23 nitrogen and oxygen atoms in total. The van der Waals surface area contributed by atoms with E-state index in [1.807, 2.05) is 239 Å². The number of aliphatic hydroxyl groups excluding tert-OH is 10. The number of aryl methyl sites for hydroxylation is 3. The van der Waals surface area contributed by atoms with Crippen molar-refractivity contribution in [2.45, 2.75) is 137 Å². The van der Waals surface area contributed by atoms with Gasteiger partial charge in [0.05, 0.1) is 103 Å². The Morgan fingerprint density at radius 1 is 0.313 bits per heavy atom. The van der Waals surface area contributed by atoms with Gasteiger partial charge >= 0.3 is 0 Å². The lowest BCUT2D eigenvalue weighted by Gasteiger charge is -2.12. The van der Waals surface area contributed by atoms with Gasteiger partial charge in [0.25, 0.3) is 0 Å². The standard InChI is InChI=1S/C11H16O2.C10H14O3.5C10H14O2.C9H11ClO2.3C9H12O2/c1-2-9-13-11-6-4-3-5-10(11)7-8-12;1-12-9-4-3-8(5-6-11)10(7-9)13-2;1-7-4-5-9(8(2)11)10(6-7)12-3;1-8-7-9(5-6-11)3-4-10(8)12-2;1-8(7-11)9-5-3-4-6-10(9)12-2;1-8(11)7-9-5-3-4-6-10(9)12-2;1-12-10-7-3-2-5-9(10)6-4-8-11;1-6(11)8-5-7(10)3-4-9(8)12-2;1-11-9-4-2-8(3-5-9)6-7-10;1-11-7-6-8-4-2-3-5-9(8)10;1-11-9-5-3-2-4-8(9)6-7-10/h3-6,12H,2,7-9H2,1H3;3-4,7,11H,5-6H2,1-2H3;4-6,8,11H,1-3H3;3-4,7,11H,5-6H2,1-2H3;2*3-6,8,11H,7H2,1-2H3;2-3,5,7,11H,4,6,8H2,1H3;3-6,11H,1-2H3;3*2-5,10H,6-7H2,1H3. The highest BCUT2D eigenvalue weighted by Gasteiger charge is 2.13. The highest BCUT2D eigenvalue weighted by atomic mass is 35.5. The molecule has 720 valence electrons. The summed E-state index contributed by atoms with van der Waals surface area (Å²) in [5.74, 6) is 9.53. The molecule has 11 aromatic carbocycles. The second-order valence-corrected chi connectivity index (χ2v) is 29.6. The van der Waals surface area contributed by atoms with Crippen LogP contribution < -0.4 is 52.1 Å². The predicted octanol–water partition coefficient (Wildman–Crippen LogP) is 18.3. The summed E-state index contributed by atoms with van der Waals surface area (Å²) < 4.78 is 61.4.